The molecule has 1 fully saturated rings. The van der Waals surface area contributed by atoms with Gasteiger partial charge in [-0.3, -0.25) is 4.79 Å². The van der Waals surface area contributed by atoms with Crippen molar-refractivity contribution in [1.82, 2.24) is 5.32 Å². The monoisotopic (exact) mass is 216 g/mol. The molecule has 0 saturated carbocycles. The molecule has 0 aromatic heterocycles. The second-order valence-corrected chi connectivity index (χ2v) is 3.92. The number of hydrogen-bond acceptors (Lipinski definition) is 4. The maximum Gasteiger partial charge on any atom is 0.237 e. The lowest BCUT2D eigenvalue weighted by atomic mass is 10.0. The Bertz CT molecular complexity index is 215. The summed E-state index contributed by atoms with van der Waals surface area (Å²) in [5.41, 5.74) is 5.24. The van der Waals surface area contributed by atoms with Gasteiger partial charge in [0, 0.05) is 26.7 Å². The predicted octanol–water partition coefficient (Wildman–Crippen LogP) is -0.355. The van der Waals surface area contributed by atoms with Crippen molar-refractivity contribution in [3.8, 4) is 0 Å². The minimum atomic E-state index is -0.429. The average molecular weight is 216 g/mol. The first-order chi connectivity index (χ1) is 7.13. The number of ether oxygens (including phenoxy) is 2. The van der Waals surface area contributed by atoms with Crippen molar-refractivity contribution in [3.05, 3.63) is 0 Å². The molecule has 0 aromatic rings. The van der Waals surface area contributed by atoms with E-state index >= 15 is 0 Å². The van der Waals surface area contributed by atoms with Crippen LogP contribution in [0, 0.1) is 0 Å². The number of hydrogen-bond donors (Lipinski definition) is 2. The van der Waals surface area contributed by atoms with E-state index in [9.17, 15) is 4.79 Å². The van der Waals surface area contributed by atoms with E-state index in [1.807, 2.05) is 6.92 Å². The standard InChI is InChI=1S/C10H20N2O3/c1-3-8(11)9(13)12-6-10(14-2)4-5-15-7-10/h8H,3-7,11H2,1-2H3,(H,12,13)/t8-,10?/m1/s1. The zero-order chi connectivity index (χ0) is 11.3. The molecular formula is C10H20N2O3. The summed E-state index contributed by atoms with van der Waals surface area (Å²) in [6.07, 6.45) is 1.45. The van der Waals surface area contributed by atoms with Gasteiger partial charge in [-0.2, -0.15) is 0 Å². The third-order valence-corrected chi connectivity index (χ3v) is 2.86. The highest BCUT2D eigenvalue weighted by Crippen LogP contribution is 2.21. The lowest BCUT2D eigenvalue weighted by Crippen LogP contribution is -2.49. The number of amides is 1. The van der Waals surface area contributed by atoms with Crippen LogP contribution in [0.5, 0.6) is 0 Å². The number of methoxy groups -OCH3 is 1. The summed E-state index contributed by atoms with van der Waals surface area (Å²) >= 11 is 0. The van der Waals surface area contributed by atoms with Crippen LogP contribution in [0.25, 0.3) is 0 Å². The molecule has 0 aromatic carbocycles. The molecule has 0 radical (unpaired) electrons. The molecule has 1 aliphatic heterocycles. The minimum Gasteiger partial charge on any atom is -0.378 e. The van der Waals surface area contributed by atoms with E-state index < -0.39 is 6.04 Å². The summed E-state index contributed by atoms with van der Waals surface area (Å²) in [5, 5.41) is 2.80. The number of carbonyl (C=O) groups is 1. The van der Waals surface area contributed by atoms with Crippen LogP contribution in [-0.2, 0) is 14.3 Å². The Hall–Kier alpha value is -0.650. The fraction of sp³-hybridized carbons (Fsp3) is 0.900. The average Bonchev–Trinajstić information content (AvgIpc) is 2.74. The van der Waals surface area contributed by atoms with Gasteiger partial charge in [-0.1, -0.05) is 6.92 Å². The van der Waals surface area contributed by atoms with Gasteiger partial charge in [0.2, 0.25) is 5.91 Å². The maximum absolute atomic E-state index is 11.5. The van der Waals surface area contributed by atoms with Crippen LogP contribution in [0.3, 0.4) is 0 Å². The van der Waals surface area contributed by atoms with Gasteiger partial charge in [-0.15, -0.1) is 0 Å². The van der Waals surface area contributed by atoms with Crippen molar-refractivity contribution in [2.75, 3.05) is 26.9 Å². The number of nitrogens with two attached hydrogens (primary N) is 1. The summed E-state index contributed by atoms with van der Waals surface area (Å²) in [6, 6.07) is -0.429. The molecule has 5 nitrogen and oxygen atoms in total. The summed E-state index contributed by atoms with van der Waals surface area (Å²) < 4.78 is 10.6. The normalized spacial score (nSPS) is 27.7. The van der Waals surface area contributed by atoms with Gasteiger partial charge >= 0.3 is 0 Å². The van der Waals surface area contributed by atoms with Crippen LogP contribution in [0.15, 0.2) is 0 Å². The van der Waals surface area contributed by atoms with E-state index in [-0.39, 0.29) is 11.5 Å². The van der Waals surface area contributed by atoms with Crippen LogP contribution in [0.4, 0.5) is 0 Å². The quantitative estimate of drug-likeness (QED) is 0.658. The smallest absolute Gasteiger partial charge is 0.237 e. The third kappa shape index (κ3) is 3.15. The molecule has 1 aliphatic rings. The molecule has 0 aliphatic carbocycles. The van der Waals surface area contributed by atoms with Crippen LogP contribution in [0.2, 0.25) is 0 Å². The van der Waals surface area contributed by atoms with Crippen molar-refractivity contribution in [3.63, 3.8) is 0 Å². The zero-order valence-electron chi connectivity index (χ0n) is 9.41. The molecule has 2 atom stereocenters. The fourth-order valence-corrected chi connectivity index (χ4v) is 1.53. The third-order valence-electron chi connectivity index (χ3n) is 2.86. The second kappa shape index (κ2) is 5.44. The van der Waals surface area contributed by atoms with Crippen molar-refractivity contribution >= 4 is 5.91 Å². The molecule has 0 bridgehead atoms. The second-order valence-electron chi connectivity index (χ2n) is 3.92. The minimum absolute atomic E-state index is 0.124. The van der Waals surface area contributed by atoms with Crippen LogP contribution in [0.1, 0.15) is 19.8 Å². The van der Waals surface area contributed by atoms with Gasteiger partial charge in [0.1, 0.15) is 5.60 Å². The van der Waals surface area contributed by atoms with E-state index in [0.29, 0.717) is 26.2 Å². The summed E-state index contributed by atoms with van der Waals surface area (Å²) in [6.45, 7) is 3.57. The van der Waals surface area contributed by atoms with E-state index in [2.05, 4.69) is 5.32 Å². The highest BCUT2D eigenvalue weighted by Gasteiger charge is 2.35. The van der Waals surface area contributed by atoms with Crippen molar-refractivity contribution in [2.24, 2.45) is 5.73 Å². The zero-order valence-corrected chi connectivity index (χ0v) is 9.41. The van der Waals surface area contributed by atoms with E-state index in [1.165, 1.54) is 0 Å². The molecule has 1 rings (SSSR count). The van der Waals surface area contributed by atoms with E-state index in [1.54, 1.807) is 7.11 Å². The van der Waals surface area contributed by atoms with Crippen molar-refractivity contribution < 1.29 is 14.3 Å². The van der Waals surface area contributed by atoms with E-state index in [4.69, 9.17) is 15.2 Å². The molecule has 5 heteroatoms. The maximum atomic E-state index is 11.5. The summed E-state index contributed by atoms with van der Waals surface area (Å²) in [4.78, 5) is 11.5. The number of rotatable bonds is 5. The SMILES string of the molecule is CC[C@@H](N)C(=O)NCC1(OC)CCOC1. The summed E-state index contributed by atoms with van der Waals surface area (Å²) in [7, 11) is 1.64. The van der Waals surface area contributed by atoms with Gasteiger partial charge in [0.15, 0.2) is 0 Å². The molecule has 88 valence electrons. The first kappa shape index (κ1) is 12.4. The van der Waals surface area contributed by atoms with Crippen LogP contribution >= 0.6 is 0 Å². The van der Waals surface area contributed by atoms with Crippen LogP contribution < -0.4 is 11.1 Å². The summed E-state index contributed by atoms with van der Waals surface area (Å²) in [5.74, 6) is -0.124. The lowest BCUT2D eigenvalue weighted by Gasteiger charge is -2.26. The van der Waals surface area contributed by atoms with Crippen LogP contribution in [-0.4, -0.2) is 44.4 Å². The lowest BCUT2D eigenvalue weighted by molar-refractivity contribution is -0.124. The van der Waals surface area contributed by atoms with Gasteiger partial charge < -0.3 is 20.5 Å². The molecule has 3 N–H and O–H groups in total. The highest BCUT2D eigenvalue weighted by atomic mass is 16.5. The first-order valence-corrected chi connectivity index (χ1v) is 5.30. The van der Waals surface area contributed by atoms with Gasteiger partial charge in [-0.05, 0) is 6.42 Å². The topological polar surface area (TPSA) is 73.6 Å². The van der Waals surface area contributed by atoms with Crippen molar-refractivity contribution in [2.45, 2.75) is 31.4 Å². The Kier molecular flexibility index (Phi) is 4.50. The number of nitrogens with one attached hydrogen (secondary N) is 1. The number of carbonyl (C=O) groups excluding carboxylic acids is 1. The highest BCUT2D eigenvalue weighted by molar-refractivity contribution is 5.81. The molecule has 1 heterocycles. The molecular weight excluding hydrogens is 196 g/mol. The first-order valence-electron chi connectivity index (χ1n) is 5.30. The Balaban J connectivity index is 2.37. The molecule has 1 saturated heterocycles. The van der Waals surface area contributed by atoms with Gasteiger partial charge in [0.05, 0.1) is 12.6 Å². The fourth-order valence-electron chi connectivity index (χ4n) is 1.53. The van der Waals surface area contributed by atoms with Crippen molar-refractivity contribution in [1.29, 1.82) is 0 Å². The predicted molar refractivity (Wildman–Crippen MR) is 56.5 cm³/mol. The van der Waals surface area contributed by atoms with E-state index in [0.717, 1.165) is 6.42 Å². The largest absolute Gasteiger partial charge is 0.378 e. The Morgan fingerprint density at radius 2 is 2.47 bits per heavy atom. The van der Waals surface area contributed by atoms with Gasteiger partial charge in [-0.25, -0.2) is 0 Å². The molecule has 1 amide bonds. The Morgan fingerprint density at radius 3 is 2.93 bits per heavy atom. The molecule has 0 spiro atoms. The molecule has 1 unspecified atom stereocenters. The molecule has 15 heavy (non-hydrogen) atoms. The Labute approximate surface area is 90.3 Å². The Morgan fingerprint density at radius 1 is 1.73 bits per heavy atom. The van der Waals surface area contributed by atoms with Gasteiger partial charge in [0.25, 0.3) is 0 Å².